The molecule has 2 aliphatic heterocycles. The van der Waals surface area contributed by atoms with E-state index in [1.807, 2.05) is 30.3 Å². The van der Waals surface area contributed by atoms with E-state index in [9.17, 15) is 14.0 Å². The number of nitrogens with zero attached hydrogens (tertiary/aromatic N) is 1. The van der Waals surface area contributed by atoms with Gasteiger partial charge >= 0.3 is 11.9 Å². The number of methoxy groups -OCH3 is 2. The normalized spacial score (nSPS) is 17.4. The van der Waals surface area contributed by atoms with Crippen LogP contribution >= 0.6 is 0 Å². The summed E-state index contributed by atoms with van der Waals surface area (Å²) in [5.41, 5.74) is 11.5. The molecule has 1 fully saturated rings. The predicted octanol–water partition coefficient (Wildman–Crippen LogP) is 18.2. The highest BCUT2D eigenvalue weighted by Gasteiger charge is 2.49. The van der Waals surface area contributed by atoms with Gasteiger partial charge in [0.1, 0.15) is 22.9 Å². The van der Waals surface area contributed by atoms with Crippen molar-refractivity contribution in [3.8, 4) is 33.8 Å². The molecule has 2 heterocycles. The smallest absolute Gasteiger partial charge is 0.343 e. The lowest BCUT2D eigenvalue weighted by Gasteiger charge is -2.40. The van der Waals surface area contributed by atoms with Gasteiger partial charge in [0.2, 0.25) is 0 Å². The Labute approximate surface area is 490 Å². The second-order valence-corrected chi connectivity index (χ2v) is 22.3. The van der Waals surface area contributed by atoms with Gasteiger partial charge in [-0.2, -0.15) is 0 Å². The van der Waals surface area contributed by atoms with Gasteiger partial charge in [-0.25, -0.2) is 14.0 Å². The molecule has 0 saturated carbocycles. The van der Waals surface area contributed by atoms with E-state index in [1.165, 1.54) is 76.2 Å². The van der Waals surface area contributed by atoms with Crippen LogP contribution in [0.5, 0.6) is 11.5 Å². The molecule has 1 aliphatic carbocycles. The maximum absolute atomic E-state index is 14.8. The maximum atomic E-state index is 14.8. The van der Waals surface area contributed by atoms with E-state index < -0.39 is 23.1 Å². The number of esters is 2. The van der Waals surface area contributed by atoms with Gasteiger partial charge in [0.25, 0.3) is 0 Å². The largest absolute Gasteiger partial charge is 0.493 e. The summed E-state index contributed by atoms with van der Waals surface area (Å²) < 4.78 is 47.0. The molecule has 9 heteroatoms. The molecule has 428 valence electrons. The minimum absolute atomic E-state index is 0.0259. The van der Waals surface area contributed by atoms with Gasteiger partial charge in [-0.3, -0.25) is 0 Å². The third-order valence-electron chi connectivity index (χ3n) is 17.4. The van der Waals surface area contributed by atoms with Crippen molar-refractivity contribution in [2.24, 2.45) is 5.92 Å². The number of rotatable bonds is 23. The zero-order valence-corrected chi connectivity index (χ0v) is 49.2. The summed E-state index contributed by atoms with van der Waals surface area (Å²) in [7, 11) is 3.28. The summed E-state index contributed by atoms with van der Waals surface area (Å²) in [4.78, 5) is 29.8. The molecule has 7 aromatic rings. The number of benzene rings is 7. The summed E-state index contributed by atoms with van der Waals surface area (Å²) >= 11 is 0. The molecule has 3 unspecified atom stereocenters. The topological polar surface area (TPSA) is 83.5 Å². The Morgan fingerprint density at radius 2 is 1.37 bits per heavy atom. The molecule has 7 aromatic carbocycles. The summed E-state index contributed by atoms with van der Waals surface area (Å²) in [6.07, 6.45) is 20.9. The second kappa shape index (κ2) is 26.1. The molecule has 8 nitrogen and oxygen atoms in total. The Morgan fingerprint density at radius 1 is 0.723 bits per heavy atom. The first kappa shape index (κ1) is 58.2. The molecule has 3 atom stereocenters. The molecule has 0 amide bonds. The van der Waals surface area contributed by atoms with Crippen molar-refractivity contribution in [1.82, 2.24) is 0 Å². The third-order valence-corrected chi connectivity index (χ3v) is 17.4. The van der Waals surface area contributed by atoms with Crippen LogP contribution in [0.4, 0.5) is 10.1 Å². The number of carbonyl (C=O) groups is 2. The first-order valence-corrected chi connectivity index (χ1v) is 30.0. The van der Waals surface area contributed by atoms with E-state index >= 15 is 0 Å². The van der Waals surface area contributed by atoms with Crippen LogP contribution in [0.1, 0.15) is 164 Å². The highest BCUT2D eigenvalue weighted by molar-refractivity contribution is 5.95. The molecule has 0 N–H and O–H groups in total. The van der Waals surface area contributed by atoms with Gasteiger partial charge in [0.15, 0.2) is 17.1 Å². The number of fused-ring (bicyclic) bond motifs is 5. The van der Waals surface area contributed by atoms with Crippen LogP contribution in [0.2, 0.25) is 0 Å². The maximum Gasteiger partial charge on any atom is 0.343 e. The first-order chi connectivity index (χ1) is 40.5. The number of aryl methyl sites for hydroxylation is 1. The molecular weight excluding hydrogens is 1030 g/mol. The zero-order chi connectivity index (χ0) is 58.1. The van der Waals surface area contributed by atoms with E-state index in [4.69, 9.17) is 23.7 Å². The number of piperidine rings is 1. The Balaban J connectivity index is 0.900. The van der Waals surface area contributed by atoms with E-state index in [0.29, 0.717) is 29.7 Å². The molecule has 0 aromatic heterocycles. The molecule has 0 radical (unpaired) electrons. The number of anilines is 1. The van der Waals surface area contributed by atoms with Gasteiger partial charge in [0.05, 0.1) is 18.2 Å². The number of halogens is 1. The molecule has 0 spiro atoms. The van der Waals surface area contributed by atoms with Crippen LogP contribution in [0.3, 0.4) is 0 Å². The quantitative estimate of drug-likeness (QED) is 0.0206. The van der Waals surface area contributed by atoms with Crippen molar-refractivity contribution in [2.75, 3.05) is 32.2 Å². The van der Waals surface area contributed by atoms with Gasteiger partial charge in [0, 0.05) is 53.7 Å². The van der Waals surface area contributed by atoms with Crippen molar-refractivity contribution in [1.29, 1.82) is 0 Å². The van der Waals surface area contributed by atoms with Crippen LogP contribution in [-0.4, -0.2) is 39.2 Å². The molecular formula is C74H78FNO7. The average Bonchev–Trinajstić information content (AvgIpc) is 2.70. The fraction of sp³-hybridized carbons (Fsp3) is 0.324. The van der Waals surface area contributed by atoms with Crippen molar-refractivity contribution in [2.45, 2.75) is 122 Å². The second-order valence-electron chi connectivity index (χ2n) is 22.3. The summed E-state index contributed by atoms with van der Waals surface area (Å²) in [5.74, 6) is 0.244. The molecule has 0 bridgehead atoms. The third kappa shape index (κ3) is 12.0. The lowest BCUT2D eigenvalue weighted by Crippen LogP contribution is -2.36. The van der Waals surface area contributed by atoms with Gasteiger partial charge in [-0.15, -0.1) is 0 Å². The lowest BCUT2D eigenvalue weighted by atomic mass is 9.78. The zero-order valence-electron chi connectivity index (χ0n) is 49.2. The van der Waals surface area contributed by atoms with Gasteiger partial charge in [-0.05, 0) is 163 Å². The number of carbonyl (C=O) groups excluding carboxylic acids is 2. The predicted molar refractivity (Wildman–Crippen MR) is 332 cm³/mol. The van der Waals surface area contributed by atoms with Crippen LogP contribution < -0.4 is 14.4 Å². The van der Waals surface area contributed by atoms with Gasteiger partial charge in [-0.1, -0.05) is 164 Å². The van der Waals surface area contributed by atoms with Gasteiger partial charge < -0.3 is 28.6 Å². The SMILES string of the molecule is C=C(OC(=O)c1ccc(OC(=O)c2ccc(-c3ccc(CCC(CCC)CCCCC)cc3)cc2)cc1)/C(=C\c1c(CC)c2c(c3c1OC(c1ccc(F)cc1)(c1ccc(N4CCCCC4)cc1)C=C3)C(CC)(OC)c1ccccc1-2)OC. The minimum Gasteiger partial charge on any atom is -0.493 e. The fourth-order valence-electron chi connectivity index (χ4n) is 12.9. The number of hydrogen-bond acceptors (Lipinski definition) is 8. The molecule has 3 aliphatic rings. The number of hydrogen-bond donors (Lipinski definition) is 0. The van der Waals surface area contributed by atoms with Crippen LogP contribution in [0.15, 0.2) is 170 Å². The summed E-state index contributed by atoms with van der Waals surface area (Å²) in [5, 5.41) is 0. The standard InChI is InChI=1S/C74H78FNO7/c1-8-12-14-20-51(19-9-2)23-24-52-25-27-53(28-26-52)54-29-31-55(32-30-54)72(78)82-61-43-33-56(34-44-61)71(77)81-50(5)67(79-6)49-65-62(10-3)68-63-21-15-16-22-66(63)73(11-4,80-7)69(68)64-45-46-74(83-70(64)65,57-35-39-59(75)40-36-57)58-37-41-60(42-38-58)76-47-17-13-18-48-76/h15-16,21-22,25-46,49,51H,5,8-14,17-20,23-24,47-48H2,1-4,6-7H3/b67-49+. The minimum atomic E-state index is -1.20. The van der Waals surface area contributed by atoms with E-state index in [0.717, 1.165) is 99.6 Å². The Hall–Kier alpha value is -8.01. The molecule has 83 heavy (non-hydrogen) atoms. The van der Waals surface area contributed by atoms with E-state index in [2.05, 4.69) is 112 Å². The van der Waals surface area contributed by atoms with Crippen molar-refractivity contribution in [3.05, 3.63) is 231 Å². The summed E-state index contributed by atoms with van der Waals surface area (Å²) in [6.45, 7) is 15.0. The highest BCUT2D eigenvalue weighted by atomic mass is 19.1. The van der Waals surface area contributed by atoms with Crippen molar-refractivity contribution in [3.63, 3.8) is 0 Å². The van der Waals surface area contributed by atoms with Crippen LogP contribution in [0, 0.1) is 11.7 Å². The van der Waals surface area contributed by atoms with Crippen LogP contribution in [-0.2, 0) is 38.3 Å². The van der Waals surface area contributed by atoms with E-state index in [1.54, 1.807) is 55.6 Å². The summed E-state index contributed by atoms with van der Waals surface area (Å²) in [6, 6.07) is 45.8. The first-order valence-electron chi connectivity index (χ1n) is 30.0. The Morgan fingerprint density at radius 3 is 2.01 bits per heavy atom. The average molecular weight is 1110 g/mol. The van der Waals surface area contributed by atoms with E-state index in [-0.39, 0.29) is 28.6 Å². The van der Waals surface area contributed by atoms with Crippen LogP contribution in [0.25, 0.3) is 34.4 Å². The Bertz CT molecular complexity index is 3480. The Kier molecular flexibility index (Phi) is 18.3. The monoisotopic (exact) mass is 1110 g/mol. The fourth-order valence-corrected chi connectivity index (χ4v) is 12.9. The highest BCUT2D eigenvalue weighted by Crippen LogP contribution is 2.59. The van der Waals surface area contributed by atoms with Crippen molar-refractivity contribution >= 4 is 29.8 Å². The molecule has 10 rings (SSSR count). The molecule has 1 saturated heterocycles. The van der Waals surface area contributed by atoms with Crippen molar-refractivity contribution < 1.29 is 37.7 Å². The number of unbranched alkanes of at least 4 members (excludes halogenated alkanes) is 2. The number of ether oxygens (including phenoxy) is 5. The lowest BCUT2D eigenvalue weighted by molar-refractivity contribution is 0.0218.